The van der Waals surface area contributed by atoms with Crippen LogP contribution in [0.25, 0.3) is 5.82 Å². The molecule has 0 N–H and O–H groups in total. The van der Waals surface area contributed by atoms with E-state index in [2.05, 4.69) is 15.1 Å². The van der Waals surface area contributed by atoms with E-state index in [9.17, 15) is 13.2 Å². The maximum absolute atomic E-state index is 12.2. The van der Waals surface area contributed by atoms with Crippen molar-refractivity contribution in [1.82, 2.24) is 19.7 Å². The smallest absolute Gasteiger partial charge is 0.245 e. The van der Waals surface area contributed by atoms with Crippen molar-refractivity contribution in [2.24, 2.45) is 0 Å². The molecular formula is C8H5F3N4. The number of nitrogens with zero attached hydrogens (tertiary/aromatic N) is 4. The molecule has 7 heteroatoms. The molecule has 0 fully saturated rings. The second-order valence-electron chi connectivity index (χ2n) is 2.74. The van der Waals surface area contributed by atoms with Crippen molar-refractivity contribution >= 4 is 0 Å². The summed E-state index contributed by atoms with van der Waals surface area (Å²) in [7, 11) is 0. The van der Waals surface area contributed by atoms with Crippen LogP contribution in [0.15, 0.2) is 31.0 Å². The molecule has 15 heavy (non-hydrogen) atoms. The normalized spacial score (nSPS) is 11.7. The first-order valence-corrected chi connectivity index (χ1v) is 3.95. The van der Waals surface area contributed by atoms with Gasteiger partial charge in [0.2, 0.25) is 0 Å². The maximum Gasteiger partial charge on any atom is 0.419 e. The van der Waals surface area contributed by atoms with Gasteiger partial charge >= 0.3 is 6.18 Å². The van der Waals surface area contributed by atoms with E-state index in [1.807, 2.05) is 0 Å². The summed E-state index contributed by atoms with van der Waals surface area (Å²) in [6.45, 7) is 0. The van der Waals surface area contributed by atoms with Gasteiger partial charge in [-0.25, -0.2) is 14.6 Å². The number of rotatable bonds is 1. The molecule has 0 spiro atoms. The van der Waals surface area contributed by atoms with Crippen LogP contribution in [0.1, 0.15) is 5.56 Å². The summed E-state index contributed by atoms with van der Waals surface area (Å²) in [6, 6.07) is 1.47. The Hall–Kier alpha value is -1.92. The summed E-state index contributed by atoms with van der Waals surface area (Å²) in [5.41, 5.74) is -0.805. The fraction of sp³-hybridized carbons (Fsp3) is 0.125. The highest BCUT2D eigenvalue weighted by Crippen LogP contribution is 2.28. The Morgan fingerprint density at radius 2 is 2.07 bits per heavy atom. The number of aromatic nitrogens is 4. The molecule has 0 aliphatic heterocycles. The van der Waals surface area contributed by atoms with Gasteiger partial charge in [0.15, 0.2) is 5.82 Å². The van der Waals surface area contributed by atoms with Crippen molar-refractivity contribution in [3.63, 3.8) is 0 Å². The summed E-state index contributed by atoms with van der Waals surface area (Å²) >= 11 is 0. The van der Waals surface area contributed by atoms with Crippen LogP contribution in [0, 0.1) is 0 Å². The molecule has 0 aromatic carbocycles. The Bertz CT molecular complexity index is 448. The van der Waals surface area contributed by atoms with Crippen molar-refractivity contribution in [2.45, 2.75) is 6.18 Å². The molecule has 0 atom stereocenters. The average Bonchev–Trinajstić information content (AvgIpc) is 2.67. The van der Waals surface area contributed by atoms with Crippen LogP contribution in [0.5, 0.6) is 0 Å². The zero-order valence-corrected chi connectivity index (χ0v) is 7.31. The minimum absolute atomic E-state index is 0.292. The third-order valence-electron chi connectivity index (χ3n) is 1.71. The van der Waals surface area contributed by atoms with Gasteiger partial charge in [-0.1, -0.05) is 0 Å². The first kappa shape index (κ1) is 9.63. The van der Waals surface area contributed by atoms with Crippen LogP contribution in [0.3, 0.4) is 0 Å². The predicted molar refractivity (Wildman–Crippen MR) is 44.2 cm³/mol. The quantitative estimate of drug-likeness (QED) is 0.725. The Labute approximate surface area is 82.4 Å². The van der Waals surface area contributed by atoms with Gasteiger partial charge in [-0.05, 0) is 0 Å². The van der Waals surface area contributed by atoms with Crippen LogP contribution in [0.2, 0.25) is 0 Å². The first-order chi connectivity index (χ1) is 7.07. The molecule has 2 heterocycles. The van der Waals surface area contributed by atoms with E-state index in [1.165, 1.54) is 18.6 Å². The monoisotopic (exact) mass is 214 g/mol. The van der Waals surface area contributed by atoms with E-state index in [0.29, 0.717) is 5.82 Å². The van der Waals surface area contributed by atoms with Crippen LogP contribution in [-0.2, 0) is 6.18 Å². The molecule has 0 bridgehead atoms. The van der Waals surface area contributed by atoms with E-state index >= 15 is 0 Å². The Morgan fingerprint density at radius 3 is 2.60 bits per heavy atom. The fourth-order valence-corrected chi connectivity index (χ4v) is 1.01. The van der Waals surface area contributed by atoms with Gasteiger partial charge in [0.25, 0.3) is 0 Å². The lowest BCUT2D eigenvalue weighted by Gasteiger charge is -2.00. The standard InChI is InChI=1S/C8H5F3N4/c9-8(10,11)6-3-14-15(4-6)7-1-2-12-5-13-7/h1-5H. The highest BCUT2D eigenvalue weighted by atomic mass is 19.4. The lowest BCUT2D eigenvalue weighted by molar-refractivity contribution is -0.137. The topological polar surface area (TPSA) is 43.6 Å². The summed E-state index contributed by atoms with van der Waals surface area (Å²) in [4.78, 5) is 7.42. The number of alkyl halides is 3. The molecule has 0 radical (unpaired) electrons. The molecule has 0 amide bonds. The lowest BCUT2D eigenvalue weighted by atomic mass is 10.4. The van der Waals surface area contributed by atoms with E-state index in [-0.39, 0.29) is 0 Å². The predicted octanol–water partition coefficient (Wildman–Crippen LogP) is 1.68. The zero-order chi connectivity index (χ0) is 10.9. The molecule has 4 nitrogen and oxygen atoms in total. The average molecular weight is 214 g/mol. The molecule has 0 saturated carbocycles. The van der Waals surface area contributed by atoms with Gasteiger partial charge in [0.1, 0.15) is 6.33 Å². The lowest BCUT2D eigenvalue weighted by Crippen LogP contribution is -2.03. The highest BCUT2D eigenvalue weighted by molar-refractivity contribution is 5.21. The van der Waals surface area contributed by atoms with Gasteiger partial charge in [-0.2, -0.15) is 18.3 Å². The second kappa shape index (κ2) is 3.34. The van der Waals surface area contributed by atoms with Gasteiger partial charge in [-0.15, -0.1) is 0 Å². The van der Waals surface area contributed by atoms with Crippen LogP contribution in [0.4, 0.5) is 13.2 Å². The minimum Gasteiger partial charge on any atom is -0.245 e. The Balaban J connectivity index is 2.37. The second-order valence-corrected chi connectivity index (χ2v) is 2.74. The van der Waals surface area contributed by atoms with Gasteiger partial charge in [0.05, 0.1) is 11.8 Å². The molecule has 0 aliphatic rings. The largest absolute Gasteiger partial charge is 0.419 e. The van der Waals surface area contributed by atoms with Gasteiger partial charge in [0, 0.05) is 18.5 Å². The number of hydrogen-bond donors (Lipinski definition) is 0. The van der Waals surface area contributed by atoms with Gasteiger partial charge in [-0.3, -0.25) is 0 Å². The van der Waals surface area contributed by atoms with Crippen molar-refractivity contribution < 1.29 is 13.2 Å². The zero-order valence-electron chi connectivity index (χ0n) is 7.31. The number of hydrogen-bond acceptors (Lipinski definition) is 3. The summed E-state index contributed by atoms with van der Waals surface area (Å²) < 4.78 is 37.7. The van der Waals surface area contributed by atoms with Crippen molar-refractivity contribution in [1.29, 1.82) is 0 Å². The minimum atomic E-state index is -4.38. The molecule has 2 aromatic heterocycles. The SMILES string of the molecule is FC(F)(F)c1cnn(-c2ccncn2)c1. The van der Waals surface area contributed by atoms with Crippen molar-refractivity contribution in [2.75, 3.05) is 0 Å². The van der Waals surface area contributed by atoms with E-state index in [1.54, 1.807) is 0 Å². The molecule has 0 saturated heterocycles. The van der Waals surface area contributed by atoms with Crippen molar-refractivity contribution in [3.8, 4) is 5.82 Å². The third-order valence-corrected chi connectivity index (χ3v) is 1.71. The Morgan fingerprint density at radius 1 is 1.27 bits per heavy atom. The summed E-state index contributed by atoms with van der Waals surface area (Å²) in [5, 5.41) is 3.56. The van der Waals surface area contributed by atoms with E-state index in [4.69, 9.17) is 0 Å². The summed E-state index contributed by atoms with van der Waals surface area (Å²) in [6.07, 6.45) is -0.0860. The van der Waals surface area contributed by atoms with Crippen LogP contribution < -0.4 is 0 Å². The van der Waals surface area contributed by atoms with Gasteiger partial charge < -0.3 is 0 Å². The third kappa shape index (κ3) is 1.95. The van der Waals surface area contributed by atoms with Crippen LogP contribution in [-0.4, -0.2) is 19.7 Å². The Kier molecular flexibility index (Phi) is 2.14. The van der Waals surface area contributed by atoms with E-state index in [0.717, 1.165) is 17.1 Å². The molecular weight excluding hydrogens is 209 g/mol. The molecule has 0 unspecified atom stereocenters. The molecule has 78 valence electrons. The fourth-order valence-electron chi connectivity index (χ4n) is 1.01. The van der Waals surface area contributed by atoms with Crippen molar-refractivity contribution in [3.05, 3.63) is 36.5 Å². The molecule has 0 aliphatic carbocycles. The summed E-state index contributed by atoms with van der Waals surface area (Å²) in [5.74, 6) is 0.292. The maximum atomic E-state index is 12.2. The number of halogens is 3. The first-order valence-electron chi connectivity index (χ1n) is 3.95. The highest BCUT2D eigenvalue weighted by Gasteiger charge is 2.32. The molecule has 2 rings (SSSR count). The van der Waals surface area contributed by atoms with Crippen LogP contribution >= 0.6 is 0 Å². The van der Waals surface area contributed by atoms with E-state index < -0.39 is 11.7 Å². The molecule has 2 aromatic rings.